The lowest BCUT2D eigenvalue weighted by Crippen LogP contribution is -2.34. The molecule has 1 N–H and O–H groups in total. The van der Waals surface area contributed by atoms with Gasteiger partial charge >= 0.3 is 0 Å². The molecule has 0 saturated heterocycles. The predicted octanol–water partition coefficient (Wildman–Crippen LogP) is 3.36. The van der Waals surface area contributed by atoms with Crippen LogP contribution in [-0.4, -0.2) is 45.7 Å². The third-order valence-corrected chi connectivity index (χ3v) is 4.67. The number of aryl methyl sites for hydroxylation is 2. The Morgan fingerprint density at radius 2 is 1.70 bits per heavy atom. The second-order valence-corrected chi connectivity index (χ2v) is 6.88. The number of rotatable bonds is 9. The van der Waals surface area contributed by atoms with Gasteiger partial charge < -0.3 is 19.7 Å². The van der Waals surface area contributed by atoms with Crippen LogP contribution in [0.4, 0.5) is 0 Å². The monoisotopic (exact) mass is 370 g/mol. The van der Waals surface area contributed by atoms with Gasteiger partial charge in [-0.25, -0.2) is 0 Å². The molecule has 2 rings (SSSR count). The van der Waals surface area contributed by atoms with Crippen LogP contribution in [0.1, 0.15) is 29.2 Å². The summed E-state index contributed by atoms with van der Waals surface area (Å²) in [5.41, 5.74) is 3.48. The number of carbonyl (C=O) groups is 1. The summed E-state index contributed by atoms with van der Waals surface area (Å²) in [6, 6.07) is 14.2. The van der Waals surface area contributed by atoms with Gasteiger partial charge in [0.25, 0.3) is 0 Å². The van der Waals surface area contributed by atoms with E-state index in [4.69, 9.17) is 9.47 Å². The molecule has 1 amide bonds. The van der Waals surface area contributed by atoms with Gasteiger partial charge in [-0.15, -0.1) is 0 Å². The fourth-order valence-electron chi connectivity index (χ4n) is 2.97. The number of nitrogens with zero attached hydrogens (tertiary/aromatic N) is 1. The van der Waals surface area contributed by atoms with Gasteiger partial charge in [0.2, 0.25) is 5.91 Å². The summed E-state index contributed by atoms with van der Waals surface area (Å²) in [4.78, 5) is 14.4. The molecule has 1 atom stereocenters. The minimum absolute atomic E-state index is 0.0492. The lowest BCUT2D eigenvalue weighted by molar-refractivity contribution is -0.121. The summed E-state index contributed by atoms with van der Waals surface area (Å²) in [6.07, 6.45) is 1.23. The molecule has 2 aromatic rings. The number of benzene rings is 2. The van der Waals surface area contributed by atoms with E-state index in [1.54, 1.807) is 14.2 Å². The van der Waals surface area contributed by atoms with Crippen molar-refractivity contribution in [2.75, 3.05) is 34.9 Å². The lowest BCUT2D eigenvalue weighted by Gasteiger charge is -2.26. The van der Waals surface area contributed by atoms with Crippen LogP contribution in [0.25, 0.3) is 0 Å². The van der Waals surface area contributed by atoms with Crippen LogP contribution in [-0.2, 0) is 11.2 Å². The number of hydrogen-bond donors (Lipinski definition) is 1. The molecule has 5 heteroatoms. The quantitative estimate of drug-likeness (QED) is 0.735. The van der Waals surface area contributed by atoms with Crippen LogP contribution in [0.15, 0.2) is 42.5 Å². The standard InChI is InChI=1S/C22H30N2O3/c1-16-6-8-17(9-7-16)10-13-22(25)23-15-19(24(2)3)18-11-12-20(26-4)21(14-18)27-5/h6-9,11-12,14,19H,10,13,15H2,1-5H3,(H,23,25). The molecule has 27 heavy (non-hydrogen) atoms. The van der Waals surface area contributed by atoms with Crippen molar-refractivity contribution in [2.45, 2.75) is 25.8 Å². The zero-order valence-corrected chi connectivity index (χ0v) is 16.9. The minimum Gasteiger partial charge on any atom is -0.493 e. The number of likely N-dealkylation sites (N-methyl/N-ethyl adjacent to an activating group) is 1. The number of methoxy groups -OCH3 is 2. The molecule has 0 fully saturated rings. The van der Waals surface area contributed by atoms with Crippen molar-refractivity contribution in [3.63, 3.8) is 0 Å². The molecule has 146 valence electrons. The van der Waals surface area contributed by atoms with Gasteiger partial charge in [-0.2, -0.15) is 0 Å². The lowest BCUT2D eigenvalue weighted by atomic mass is 10.0. The Bertz CT molecular complexity index is 742. The van der Waals surface area contributed by atoms with Crippen molar-refractivity contribution in [3.05, 3.63) is 59.2 Å². The van der Waals surface area contributed by atoms with E-state index in [9.17, 15) is 4.79 Å². The van der Waals surface area contributed by atoms with Crippen molar-refractivity contribution >= 4 is 5.91 Å². The Kier molecular flexibility index (Phi) is 7.67. The fraction of sp³-hybridized carbons (Fsp3) is 0.409. The molecule has 0 aliphatic carbocycles. The van der Waals surface area contributed by atoms with Crippen molar-refractivity contribution in [1.82, 2.24) is 10.2 Å². The third kappa shape index (κ3) is 6.00. The Hall–Kier alpha value is -2.53. The van der Waals surface area contributed by atoms with E-state index in [0.29, 0.717) is 24.5 Å². The second kappa shape index (κ2) is 9.97. The highest BCUT2D eigenvalue weighted by atomic mass is 16.5. The summed E-state index contributed by atoms with van der Waals surface area (Å²) in [7, 11) is 7.24. The summed E-state index contributed by atoms with van der Waals surface area (Å²) < 4.78 is 10.7. The maximum absolute atomic E-state index is 12.3. The van der Waals surface area contributed by atoms with Gasteiger partial charge in [0.05, 0.1) is 20.3 Å². The van der Waals surface area contributed by atoms with Crippen LogP contribution >= 0.6 is 0 Å². The van der Waals surface area contributed by atoms with E-state index >= 15 is 0 Å². The predicted molar refractivity (Wildman–Crippen MR) is 108 cm³/mol. The molecule has 0 spiro atoms. The normalized spacial score (nSPS) is 11.9. The Balaban J connectivity index is 1.95. The Morgan fingerprint density at radius 3 is 2.30 bits per heavy atom. The Morgan fingerprint density at radius 1 is 1.04 bits per heavy atom. The van der Waals surface area contributed by atoms with Gasteiger partial charge in [-0.3, -0.25) is 4.79 Å². The van der Waals surface area contributed by atoms with E-state index in [-0.39, 0.29) is 11.9 Å². The summed E-state index contributed by atoms with van der Waals surface area (Å²) in [6.45, 7) is 2.60. The molecule has 0 aromatic heterocycles. The van der Waals surface area contributed by atoms with E-state index in [2.05, 4.69) is 41.4 Å². The summed E-state index contributed by atoms with van der Waals surface area (Å²) in [5.74, 6) is 1.44. The first kappa shape index (κ1) is 20.8. The minimum atomic E-state index is 0.0492. The molecule has 0 heterocycles. The topological polar surface area (TPSA) is 50.8 Å². The maximum atomic E-state index is 12.3. The number of hydrogen-bond acceptors (Lipinski definition) is 4. The van der Waals surface area contributed by atoms with Crippen molar-refractivity contribution in [1.29, 1.82) is 0 Å². The summed E-state index contributed by atoms with van der Waals surface area (Å²) in [5, 5.41) is 3.06. The van der Waals surface area contributed by atoms with Gasteiger partial charge in [-0.05, 0) is 50.7 Å². The largest absolute Gasteiger partial charge is 0.493 e. The second-order valence-electron chi connectivity index (χ2n) is 6.88. The van der Waals surface area contributed by atoms with Gasteiger partial charge in [0.15, 0.2) is 11.5 Å². The first-order chi connectivity index (χ1) is 12.9. The highest BCUT2D eigenvalue weighted by Gasteiger charge is 2.17. The van der Waals surface area contributed by atoms with Gasteiger partial charge in [0.1, 0.15) is 0 Å². The highest BCUT2D eigenvalue weighted by molar-refractivity contribution is 5.76. The zero-order chi connectivity index (χ0) is 19.8. The molecule has 2 aromatic carbocycles. The van der Waals surface area contributed by atoms with E-state index < -0.39 is 0 Å². The smallest absolute Gasteiger partial charge is 0.220 e. The van der Waals surface area contributed by atoms with E-state index in [0.717, 1.165) is 12.0 Å². The molecular weight excluding hydrogens is 340 g/mol. The average molecular weight is 370 g/mol. The van der Waals surface area contributed by atoms with E-state index in [1.807, 2.05) is 32.3 Å². The number of nitrogens with one attached hydrogen (secondary N) is 1. The van der Waals surface area contributed by atoms with Crippen molar-refractivity contribution in [2.24, 2.45) is 0 Å². The SMILES string of the molecule is COc1ccc(C(CNC(=O)CCc2ccc(C)cc2)N(C)C)cc1OC. The van der Waals surface area contributed by atoms with Crippen molar-refractivity contribution in [3.8, 4) is 11.5 Å². The first-order valence-electron chi connectivity index (χ1n) is 9.15. The third-order valence-electron chi connectivity index (χ3n) is 4.67. The van der Waals surface area contributed by atoms with Crippen LogP contribution in [0, 0.1) is 6.92 Å². The first-order valence-corrected chi connectivity index (χ1v) is 9.15. The number of ether oxygens (including phenoxy) is 2. The molecule has 0 radical (unpaired) electrons. The number of carbonyl (C=O) groups excluding carboxylic acids is 1. The Labute approximate surface area is 162 Å². The maximum Gasteiger partial charge on any atom is 0.220 e. The molecule has 0 aliphatic heterocycles. The molecule has 0 saturated carbocycles. The number of amides is 1. The zero-order valence-electron chi connectivity index (χ0n) is 16.9. The molecular formula is C22H30N2O3. The average Bonchev–Trinajstić information content (AvgIpc) is 2.67. The van der Waals surface area contributed by atoms with Gasteiger partial charge in [-0.1, -0.05) is 35.9 Å². The molecule has 1 unspecified atom stereocenters. The highest BCUT2D eigenvalue weighted by Crippen LogP contribution is 2.31. The van der Waals surface area contributed by atoms with Crippen LogP contribution < -0.4 is 14.8 Å². The van der Waals surface area contributed by atoms with Crippen molar-refractivity contribution < 1.29 is 14.3 Å². The fourth-order valence-corrected chi connectivity index (χ4v) is 2.97. The van der Waals surface area contributed by atoms with E-state index in [1.165, 1.54) is 11.1 Å². The molecule has 5 nitrogen and oxygen atoms in total. The summed E-state index contributed by atoms with van der Waals surface area (Å²) >= 11 is 0. The molecule has 0 aliphatic rings. The van der Waals surface area contributed by atoms with Gasteiger partial charge in [0, 0.05) is 13.0 Å². The van der Waals surface area contributed by atoms with Crippen LogP contribution in [0.5, 0.6) is 11.5 Å². The van der Waals surface area contributed by atoms with Crippen LogP contribution in [0.2, 0.25) is 0 Å². The van der Waals surface area contributed by atoms with Crippen LogP contribution in [0.3, 0.4) is 0 Å². The molecule has 0 bridgehead atoms.